The van der Waals surface area contributed by atoms with Gasteiger partial charge < -0.3 is 14.5 Å². The van der Waals surface area contributed by atoms with Crippen LogP contribution >= 0.6 is 23.6 Å². The maximum atomic E-state index is 13.2. The molecular formula is C18H18N2O3S2. The highest BCUT2D eigenvalue weighted by Gasteiger charge is 2.30. The minimum Gasteiger partial charge on any atom is -0.497 e. The van der Waals surface area contributed by atoms with Gasteiger partial charge in [-0.15, -0.1) is 11.3 Å². The van der Waals surface area contributed by atoms with Gasteiger partial charge >= 0.3 is 0 Å². The molecular weight excluding hydrogens is 356 g/mol. The lowest BCUT2D eigenvalue weighted by atomic mass is 9.98. The number of nitrogens with zero attached hydrogens (tertiary/aromatic N) is 1. The van der Waals surface area contributed by atoms with Crippen molar-refractivity contribution >= 4 is 33.8 Å². The number of H-pyrrole nitrogens is 1. The number of hydrogen-bond donors (Lipinski definition) is 1. The van der Waals surface area contributed by atoms with E-state index in [1.165, 1.54) is 9.44 Å². The second-order valence-corrected chi connectivity index (χ2v) is 8.19. The van der Waals surface area contributed by atoms with E-state index in [0.29, 0.717) is 22.5 Å². The van der Waals surface area contributed by atoms with Crippen LogP contribution in [0.5, 0.6) is 5.75 Å². The first-order valence-electron chi connectivity index (χ1n) is 7.97. The van der Waals surface area contributed by atoms with Crippen LogP contribution < -0.4 is 10.3 Å². The number of benzene rings is 1. The zero-order valence-corrected chi connectivity index (χ0v) is 15.8. The molecule has 0 amide bonds. The zero-order valence-electron chi connectivity index (χ0n) is 14.2. The summed E-state index contributed by atoms with van der Waals surface area (Å²) in [6.07, 6.45) is 0.796. The highest BCUT2D eigenvalue weighted by molar-refractivity contribution is 7.71. The van der Waals surface area contributed by atoms with Crippen molar-refractivity contribution in [1.82, 2.24) is 9.55 Å². The summed E-state index contributed by atoms with van der Waals surface area (Å²) in [5.41, 5.74) is 1.38. The Balaban J connectivity index is 1.95. The van der Waals surface area contributed by atoms with E-state index < -0.39 is 0 Å². The van der Waals surface area contributed by atoms with Gasteiger partial charge in [0.05, 0.1) is 30.4 Å². The fourth-order valence-corrected chi connectivity index (χ4v) is 4.92. The molecule has 0 bridgehead atoms. The van der Waals surface area contributed by atoms with Gasteiger partial charge in [-0.05, 0) is 50.3 Å². The Kier molecular flexibility index (Phi) is 3.82. The molecule has 130 valence electrons. The molecule has 2 aromatic heterocycles. The molecule has 0 aliphatic carbocycles. The third-order valence-corrected chi connectivity index (χ3v) is 5.89. The van der Waals surface area contributed by atoms with Crippen LogP contribution in [-0.4, -0.2) is 22.3 Å². The van der Waals surface area contributed by atoms with E-state index >= 15 is 0 Å². The van der Waals surface area contributed by atoms with Gasteiger partial charge in [0.25, 0.3) is 5.56 Å². The summed E-state index contributed by atoms with van der Waals surface area (Å²) in [6, 6.07) is 7.28. The fourth-order valence-electron chi connectivity index (χ4n) is 3.15. The quantitative estimate of drug-likeness (QED) is 0.690. The number of nitrogens with one attached hydrogen (secondary N) is 1. The first-order chi connectivity index (χ1) is 11.9. The molecule has 3 heterocycles. The highest BCUT2D eigenvalue weighted by atomic mass is 32.1. The van der Waals surface area contributed by atoms with Crippen LogP contribution in [-0.2, 0) is 17.8 Å². The standard InChI is InChI=1S/C18H18N2O3S2/c1-18(2)8-13-12(9-23-18)14-15(25-13)19-17(24)20(16(14)21)10-4-6-11(22-3)7-5-10/h4-7H,8-9H2,1-3H3,(H,19,24). The highest BCUT2D eigenvalue weighted by Crippen LogP contribution is 2.36. The van der Waals surface area contributed by atoms with Crippen LogP contribution in [0.4, 0.5) is 0 Å². The van der Waals surface area contributed by atoms with Gasteiger partial charge in [-0.2, -0.15) is 0 Å². The fraction of sp³-hybridized carbons (Fsp3) is 0.333. The summed E-state index contributed by atoms with van der Waals surface area (Å²) in [5, 5.41) is 0.680. The topological polar surface area (TPSA) is 56.2 Å². The second-order valence-electron chi connectivity index (χ2n) is 6.70. The summed E-state index contributed by atoms with van der Waals surface area (Å²) in [4.78, 5) is 18.4. The molecule has 0 fully saturated rings. The van der Waals surface area contributed by atoms with Crippen molar-refractivity contribution in [1.29, 1.82) is 0 Å². The van der Waals surface area contributed by atoms with Crippen LogP contribution in [0, 0.1) is 4.77 Å². The average Bonchev–Trinajstić information content (AvgIpc) is 2.91. The van der Waals surface area contributed by atoms with Gasteiger partial charge in [0.1, 0.15) is 10.6 Å². The predicted octanol–water partition coefficient (Wildman–Crippen LogP) is 3.97. The van der Waals surface area contributed by atoms with Gasteiger partial charge in [0, 0.05) is 16.9 Å². The second kappa shape index (κ2) is 5.79. The zero-order chi connectivity index (χ0) is 17.8. The molecule has 1 N–H and O–H groups in total. The van der Waals surface area contributed by atoms with E-state index in [-0.39, 0.29) is 11.2 Å². The number of ether oxygens (including phenoxy) is 2. The minimum absolute atomic E-state index is 0.107. The molecule has 0 spiro atoms. The first kappa shape index (κ1) is 16.5. The molecule has 0 atom stereocenters. The Morgan fingerprint density at radius 2 is 2.04 bits per heavy atom. The number of hydrogen-bond acceptors (Lipinski definition) is 5. The molecule has 4 rings (SSSR count). The molecule has 7 heteroatoms. The van der Waals surface area contributed by atoms with Crippen LogP contribution in [0.15, 0.2) is 29.1 Å². The smallest absolute Gasteiger partial charge is 0.268 e. The van der Waals surface area contributed by atoms with Gasteiger partial charge in [0.15, 0.2) is 4.77 Å². The number of aromatic amines is 1. The Morgan fingerprint density at radius 1 is 1.32 bits per heavy atom. The number of fused-ring (bicyclic) bond motifs is 3. The van der Waals surface area contributed by atoms with Crippen molar-refractivity contribution in [2.75, 3.05) is 7.11 Å². The average molecular weight is 374 g/mol. The van der Waals surface area contributed by atoms with Crippen molar-refractivity contribution in [3.63, 3.8) is 0 Å². The summed E-state index contributed by atoms with van der Waals surface area (Å²) in [7, 11) is 1.61. The van der Waals surface area contributed by atoms with Gasteiger partial charge in [-0.3, -0.25) is 9.36 Å². The molecule has 0 radical (unpaired) electrons. The predicted molar refractivity (Wildman–Crippen MR) is 102 cm³/mol. The largest absolute Gasteiger partial charge is 0.497 e. The van der Waals surface area contributed by atoms with Crippen LogP contribution in [0.25, 0.3) is 15.9 Å². The number of rotatable bonds is 2. The normalized spacial score (nSPS) is 16.0. The lowest BCUT2D eigenvalue weighted by Gasteiger charge is -2.29. The summed E-state index contributed by atoms with van der Waals surface area (Å²) < 4.78 is 13.0. The maximum absolute atomic E-state index is 13.2. The van der Waals surface area contributed by atoms with Crippen molar-refractivity contribution in [3.8, 4) is 11.4 Å². The molecule has 3 aromatic rings. The third-order valence-electron chi connectivity index (χ3n) is 4.46. The minimum atomic E-state index is -0.209. The Bertz CT molecular complexity index is 1070. The van der Waals surface area contributed by atoms with E-state index in [1.54, 1.807) is 18.4 Å². The number of aromatic nitrogens is 2. The van der Waals surface area contributed by atoms with Gasteiger partial charge in [-0.25, -0.2) is 0 Å². The van der Waals surface area contributed by atoms with Crippen molar-refractivity contribution in [2.24, 2.45) is 0 Å². The van der Waals surface area contributed by atoms with E-state index in [2.05, 4.69) is 18.8 Å². The van der Waals surface area contributed by atoms with Gasteiger partial charge in [-0.1, -0.05) is 0 Å². The monoisotopic (exact) mass is 374 g/mol. The molecule has 0 saturated carbocycles. The lowest BCUT2D eigenvalue weighted by Crippen LogP contribution is -2.31. The Hall–Kier alpha value is -1.96. The van der Waals surface area contributed by atoms with Crippen LogP contribution in [0.1, 0.15) is 24.3 Å². The van der Waals surface area contributed by atoms with Gasteiger partial charge in [0.2, 0.25) is 0 Å². The Morgan fingerprint density at radius 3 is 2.72 bits per heavy atom. The van der Waals surface area contributed by atoms with Crippen molar-refractivity contribution in [3.05, 3.63) is 49.8 Å². The van der Waals surface area contributed by atoms with Crippen molar-refractivity contribution in [2.45, 2.75) is 32.5 Å². The molecule has 25 heavy (non-hydrogen) atoms. The molecule has 1 aromatic carbocycles. The maximum Gasteiger partial charge on any atom is 0.268 e. The van der Waals surface area contributed by atoms with E-state index in [0.717, 1.165) is 22.6 Å². The lowest BCUT2D eigenvalue weighted by molar-refractivity contribution is -0.0382. The third kappa shape index (κ3) is 2.72. The Labute approximate surface area is 153 Å². The molecule has 0 saturated heterocycles. The number of thiophene rings is 1. The van der Waals surface area contributed by atoms with E-state index in [9.17, 15) is 4.79 Å². The van der Waals surface area contributed by atoms with Crippen LogP contribution in [0.2, 0.25) is 0 Å². The first-order valence-corrected chi connectivity index (χ1v) is 9.20. The molecule has 1 aliphatic rings. The van der Waals surface area contributed by atoms with Crippen LogP contribution in [0.3, 0.4) is 0 Å². The SMILES string of the molecule is COc1ccc(-n2c(=S)[nH]c3sc4c(c3c2=O)COC(C)(C)C4)cc1. The summed E-state index contributed by atoms with van der Waals surface area (Å²) >= 11 is 7.05. The van der Waals surface area contributed by atoms with Crippen molar-refractivity contribution < 1.29 is 9.47 Å². The number of methoxy groups -OCH3 is 1. The molecule has 0 unspecified atom stereocenters. The molecule has 1 aliphatic heterocycles. The summed E-state index contributed by atoms with van der Waals surface area (Å²) in [6.45, 7) is 4.58. The van der Waals surface area contributed by atoms with E-state index in [4.69, 9.17) is 21.7 Å². The molecule has 5 nitrogen and oxygen atoms in total. The van der Waals surface area contributed by atoms with E-state index in [1.807, 2.05) is 24.3 Å². The summed E-state index contributed by atoms with van der Waals surface area (Å²) in [5.74, 6) is 0.733.